The second-order valence-electron chi connectivity index (χ2n) is 5.78. The molecule has 0 aromatic heterocycles. The zero-order chi connectivity index (χ0) is 17.5. The average molecular weight is 400 g/mol. The van der Waals surface area contributed by atoms with Crippen LogP contribution in [0.25, 0.3) is 0 Å². The lowest BCUT2D eigenvalue weighted by atomic mass is 10.0. The van der Waals surface area contributed by atoms with Crippen LogP contribution in [0.5, 0.6) is 0 Å². The van der Waals surface area contributed by atoms with Crippen molar-refractivity contribution in [2.75, 3.05) is 11.5 Å². The summed E-state index contributed by atoms with van der Waals surface area (Å²) in [5, 5.41) is 10.7. The standard InChI is InChI=1S/C15H29NO3S4/c1-12(2)9-7-5-3-4-6-8-10-22-23-14(15(18)19)16-13(17)11-21-20/h12,14,20H,3-11H2,1-2H3,(H,16,17)(H,18,19). The second kappa shape index (κ2) is 15.8. The number of carboxylic acids is 1. The topological polar surface area (TPSA) is 66.4 Å². The van der Waals surface area contributed by atoms with Gasteiger partial charge in [0.15, 0.2) is 5.37 Å². The molecule has 0 fully saturated rings. The van der Waals surface area contributed by atoms with Gasteiger partial charge in [0, 0.05) is 5.75 Å². The highest BCUT2D eigenvalue weighted by Crippen LogP contribution is 2.27. The Bertz CT molecular complexity index is 330. The maximum absolute atomic E-state index is 11.4. The van der Waals surface area contributed by atoms with Crippen molar-refractivity contribution < 1.29 is 14.7 Å². The fourth-order valence-electron chi connectivity index (χ4n) is 1.91. The van der Waals surface area contributed by atoms with E-state index in [1.54, 1.807) is 0 Å². The van der Waals surface area contributed by atoms with Gasteiger partial charge < -0.3 is 10.4 Å². The molecule has 2 N–H and O–H groups in total. The molecule has 0 aromatic rings. The van der Waals surface area contributed by atoms with Crippen molar-refractivity contribution in [1.29, 1.82) is 0 Å². The van der Waals surface area contributed by atoms with Crippen molar-refractivity contribution in [2.45, 2.75) is 64.2 Å². The third kappa shape index (κ3) is 15.6. The largest absolute Gasteiger partial charge is 0.479 e. The van der Waals surface area contributed by atoms with Crippen LogP contribution in [-0.4, -0.2) is 33.9 Å². The number of aliphatic carboxylic acids is 1. The molecule has 1 amide bonds. The Kier molecular flexibility index (Phi) is 16.1. The number of thiol groups is 1. The molecule has 4 nitrogen and oxygen atoms in total. The van der Waals surface area contributed by atoms with Crippen LogP contribution in [0.3, 0.4) is 0 Å². The fourth-order valence-corrected chi connectivity index (χ4v) is 4.72. The van der Waals surface area contributed by atoms with E-state index in [9.17, 15) is 9.59 Å². The molecule has 0 aliphatic rings. The zero-order valence-electron chi connectivity index (χ0n) is 14.0. The predicted octanol–water partition coefficient (Wildman–Crippen LogP) is 4.86. The van der Waals surface area contributed by atoms with Gasteiger partial charge in [-0.1, -0.05) is 84.8 Å². The Morgan fingerprint density at radius 3 is 2.26 bits per heavy atom. The smallest absolute Gasteiger partial charge is 0.337 e. The minimum atomic E-state index is -1.01. The summed E-state index contributed by atoms with van der Waals surface area (Å²) in [5.41, 5.74) is 0. The van der Waals surface area contributed by atoms with Crippen LogP contribution >= 0.6 is 44.0 Å². The number of nitrogens with one attached hydrogen (secondary N) is 1. The van der Waals surface area contributed by atoms with Gasteiger partial charge in [0.2, 0.25) is 5.91 Å². The number of carbonyl (C=O) groups is 2. The highest BCUT2D eigenvalue weighted by Gasteiger charge is 2.20. The van der Waals surface area contributed by atoms with E-state index in [0.717, 1.165) is 28.9 Å². The first-order valence-corrected chi connectivity index (χ1v) is 12.5. The quantitative estimate of drug-likeness (QED) is 0.158. The first kappa shape index (κ1) is 23.3. The summed E-state index contributed by atoms with van der Waals surface area (Å²) in [7, 11) is 3.81. The molecule has 1 unspecified atom stereocenters. The van der Waals surface area contributed by atoms with Gasteiger partial charge in [0.1, 0.15) is 0 Å². The summed E-state index contributed by atoms with van der Waals surface area (Å²) in [4.78, 5) is 22.5. The molecule has 0 bridgehead atoms. The van der Waals surface area contributed by atoms with Crippen molar-refractivity contribution in [3.8, 4) is 0 Å². The molecule has 0 spiro atoms. The van der Waals surface area contributed by atoms with Crippen LogP contribution in [0.15, 0.2) is 0 Å². The van der Waals surface area contributed by atoms with Crippen LogP contribution in [-0.2, 0) is 9.59 Å². The molecule has 136 valence electrons. The maximum atomic E-state index is 11.4. The number of hydrogen-bond donors (Lipinski definition) is 3. The fraction of sp³-hybridized carbons (Fsp3) is 0.867. The molecule has 0 rings (SSSR count). The van der Waals surface area contributed by atoms with E-state index in [-0.39, 0.29) is 11.7 Å². The highest BCUT2D eigenvalue weighted by atomic mass is 33.1. The van der Waals surface area contributed by atoms with E-state index in [1.807, 2.05) is 0 Å². The Hall–Kier alpha value is 0.340. The molecule has 0 saturated carbocycles. The van der Waals surface area contributed by atoms with Gasteiger partial charge in [-0.25, -0.2) is 4.79 Å². The third-order valence-corrected chi connectivity index (χ3v) is 6.50. The summed E-state index contributed by atoms with van der Waals surface area (Å²) in [6, 6.07) is 0. The van der Waals surface area contributed by atoms with E-state index in [4.69, 9.17) is 5.11 Å². The molecule has 0 aliphatic carbocycles. The molecule has 0 saturated heterocycles. The minimum absolute atomic E-state index is 0.162. The molecule has 0 heterocycles. The monoisotopic (exact) mass is 399 g/mol. The maximum Gasteiger partial charge on any atom is 0.337 e. The normalized spacial score (nSPS) is 12.3. The molecule has 0 radical (unpaired) electrons. The van der Waals surface area contributed by atoms with Crippen LogP contribution < -0.4 is 5.32 Å². The summed E-state index contributed by atoms with van der Waals surface area (Å²) in [5.74, 6) is 0.571. The third-order valence-electron chi connectivity index (χ3n) is 3.14. The van der Waals surface area contributed by atoms with Gasteiger partial charge in [-0.3, -0.25) is 4.79 Å². The number of rotatable bonds is 15. The molecule has 0 aliphatic heterocycles. The van der Waals surface area contributed by atoms with E-state index in [0.29, 0.717) is 0 Å². The number of unbranched alkanes of at least 4 members (excludes halogenated alkanes) is 5. The molecule has 0 aromatic carbocycles. The van der Waals surface area contributed by atoms with E-state index in [1.165, 1.54) is 60.1 Å². The SMILES string of the molecule is CC(C)CCCCCCCCSSC(NC(=O)CSS)C(=O)O. The minimum Gasteiger partial charge on any atom is -0.479 e. The Balaban J connectivity index is 3.56. The molecular weight excluding hydrogens is 370 g/mol. The Morgan fingerprint density at radius 1 is 1.09 bits per heavy atom. The van der Waals surface area contributed by atoms with Gasteiger partial charge in [0.05, 0.1) is 5.75 Å². The van der Waals surface area contributed by atoms with Crippen molar-refractivity contribution in [3.05, 3.63) is 0 Å². The van der Waals surface area contributed by atoms with Gasteiger partial charge in [-0.15, -0.1) is 11.7 Å². The van der Waals surface area contributed by atoms with E-state index < -0.39 is 11.3 Å². The summed E-state index contributed by atoms with van der Waals surface area (Å²) in [6.07, 6.45) is 8.79. The highest BCUT2D eigenvalue weighted by molar-refractivity contribution is 8.77. The molecule has 1 atom stereocenters. The van der Waals surface area contributed by atoms with E-state index in [2.05, 4.69) is 30.8 Å². The van der Waals surface area contributed by atoms with Crippen molar-refractivity contribution in [2.24, 2.45) is 5.92 Å². The summed E-state index contributed by atoms with van der Waals surface area (Å²) >= 11 is 3.88. The predicted molar refractivity (Wildman–Crippen MR) is 108 cm³/mol. The summed E-state index contributed by atoms with van der Waals surface area (Å²) < 4.78 is 0. The number of carbonyl (C=O) groups excluding carboxylic acids is 1. The lowest BCUT2D eigenvalue weighted by Crippen LogP contribution is -2.38. The van der Waals surface area contributed by atoms with Crippen LogP contribution in [0.4, 0.5) is 0 Å². The first-order chi connectivity index (χ1) is 11.0. The van der Waals surface area contributed by atoms with Gasteiger partial charge in [-0.2, -0.15) is 0 Å². The van der Waals surface area contributed by atoms with Crippen molar-refractivity contribution in [3.63, 3.8) is 0 Å². The van der Waals surface area contributed by atoms with Crippen LogP contribution in [0, 0.1) is 5.92 Å². The van der Waals surface area contributed by atoms with Gasteiger partial charge in [-0.05, 0) is 12.3 Å². The molecule has 23 heavy (non-hydrogen) atoms. The molecule has 8 heteroatoms. The molecular formula is C15H29NO3S4. The van der Waals surface area contributed by atoms with Crippen molar-refractivity contribution in [1.82, 2.24) is 5.32 Å². The first-order valence-electron chi connectivity index (χ1n) is 8.04. The van der Waals surface area contributed by atoms with Crippen LogP contribution in [0.2, 0.25) is 0 Å². The lowest BCUT2D eigenvalue weighted by Gasteiger charge is -2.12. The summed E-state index contributed by atoms with van der Waals surface area (Å²) in [6.45, 7) is 4.53. The number of carboxylic acid groups (broad SMARTS) is 1. The number of amides is 1. The average Bonchev–Trinajstić information content (AvgIpc) is 2.47. The van der Waals surface area contributed by atoms with E-state index >= 15 is 0 Å². The Morgan fingerprint density at radius 2 is 1.70 bits per heavy atom. The van der Waals surface area contributed by atoms with Crippen LogP contribution in [0.1, 0.15) is 58.8 Å². The second-order valence-corrected chi connectivity index (χ2v) is 9.70. The van der Waals surface area contributed by atoms with Gasteiger partial charge >= 0.3 is 5.97 Å². The zero-order valence-corrected chi connectivity index (χ0v) is 17.3. The number of hydrogen-bond acceptors (Lipinski definition) is 6. The Labute approximate surface area is 157 Å². The van der Waals surface area contributed by atoms with Gasteiger partial charge in [0.25, 0.3) is 0 Å². The lowest BCUT2D eigenvalue weighted by molar-refractivity contribution is -0.138. The van der Waals surface area contributed by atoms with Crippen molar-refractivity contribution >= 4 is 55.9 Å².